The van der Waals surface area contributed by atoms with Crippen LogP contribution in [0.1, 0.15) is 46.2 Å². The second-order valence-electron chi connectivity index (χ2n) is 6.79. The molecule has 1 N–H and O–H groups in total. The van der Waals surface area contributed by atoms with Gasteiger partial charge in [0.25, 0.3) is 11.8 Å². The van der Waals surface area contributed by atoms with Gasteiger partial charge in [-0.25, -0.2) is 0 Å². The topological polar surface area (TPSA) is 71.3 Å². The van der Waals surface area contributed by atoms with E-state index >= 15 is 0 Å². The molecule has 1 fully saturated rings. The lowest BCUT2D eigenvalue weighted by atomic mass is 10.0. The van der Waals surface area contributed by atoms with Gasteiger partial charge in [-0.15, -0.1) is 32.9 Å². The van der Waals surface area contributed by atoms with E-state index in [4.69, 9.17) is 4.42 Å². The van der Waals surface area contributed by atoms with Crippen LogP contribution in [-0.4, -0.2) is 40.1 Å². The molecular weight excluding hydrogens is 380 g/mol. The molecule has 4 rings (SSSR count). The zero-order valence-corrected chi connectivity index (χ0v) is 17.0. The van der Waals surface area contributed by atoms with E-state index in [-0.39, 0.29) is 18.0 Å². The molecule has 1 saturated heterocycles. The summed E-state index contributed by atoms with van der Waals surface area (Å²) < 4.78 is 5.87. The number of thiophene rings is 2. The minimum absolute atomic E-state index is 0.0390. The minimum Gasteiger partial charge on any atom is -0.418 e. The van der Waals surface area contributed by atoms with Crippen LogP contribution in [-0.2, 0) is 0 Å². The van der Waals surface area contributed by atoms with Crippen LogP contribution in [0, 0.1) is 6.92 Å². The number of amides is 1. The van der Waals surface area contributed by atoms with Crippen molar-refractivity contribution < 1.29 is 9.21 Å². The quantitative estimate of drug-likeness (QED) is 0.695. The summed E-state index contributed by atoms with van der Waals surface area (Å²) >= 11 is 3.13. The standard InChI is InChI=1S/C19H22N4O2S2/c1-12-5-6-15(27-12)17(24)20-14-7-9-23(10-8-14)13(2)18-21-22-19(25-18)16-4-3-11-26-16/h3-6,11,13-14H,7-10H2,1-2H3,(H,20,24). The minimum atomic E-state index is 0.0390. The van der Waals surface area contributed by atoms with Gasteiger partial charge in [-0.1, -0.05) is 6.07 Å². The fourth-order valence-electron chi connectivity index (χ4n) is 3.30. The largest absolute Gasteiger partial charge is 0.418 e. The van der Waals surface area contributed by atoms with Gasteiger partial charge in [-0.3, -0.25) is 9.69 Å². The Hall–Kier alpha value is -2.03. The van der Waals surface area contributed by atoms with E-state index in [9.17, 15) is 4.79 Å². The van der Waals surface area contributed by atoms with Gasteiger partial charge in [0.2, 0.25) is 5.89 Å². The number of piperidine rings is 1. The third kappa shape index (κ3) is 4.12. The maximum absolute atomic E-state index is 12.3. The van der Waals surface area contributed by atoms with Crippen LogP contribution >= 0.6 is 22.7 Å². The molecule has 3 aromatic rings. The lowest BCUT2D eigenvalue weighted by Gasteiger charge is -2.34. The van der Waals surface area contributed by atoms with Gasteiger partial charge in [0.05, 0.1) is 15.8 Å². The normalized spacial score (nSPS) is 17.1. The number of hydrogen-bond acceptors (Lipinski definition) is 7. The number of nitrogens with zero attached hydrogens (tertiary/aromatic N) is 3. The lowest BCUT2D eigenvalue weighted by molar-refractivity contribution is 0.0889. The molecule has 0 saturated carbocycles. The first-order valence-electron chi connectivity index (χ1n) is 9.09. The SMILES string of the molecule is Cc1ccc(C(=O)NC2CCN(C(C)c3nnc(-c4cccs4)o3)CC2)s1. The van der Waals surface area contributed by atoms with Crippen molar-refractivity contribution in [2.45, 2.75) is 38.8 Å². The van der Waals surface area contributed by atoms with Crippen molar-refractivity contribution in [1.82, 2.24) is 20.4 Å². The molecule has 4 heterocycles. The molecule has 1 amide bonds. The fraction of sp³-hybridized carbons (Fsp3) is 0.421. The highest BCUT2D eigenvalue weighted by atomic mass is 32.1. The summed E-state index contributed by atoms with van der Waals surface area (Å²) in [6.45, 7) is 5.90. The van der Waals surface area contributed by atoms with E-state index < -0.39 is 0 Å². The van der Waals surface area contributed by atoms with Crippen molar-refractivity contribution in [3.8, 4) is 10.8 Å². The predicted molar refractivity (Wildman–Crippen MR) is 107 cm³/mol. The van der Waals surface area contributed by atoms with E-state index in [1.807, 2.05) is 36.6 Å². The zero-order chi connectivity index (χ0) is 18.8. The van der Waals surface area contributed by atoms with Crippen LogP contribution in [0.5, 0.6) is 0 Å². The third-order valence-corrected chi connectivity index (χ3v) is 6.76. The number of carbonyl (C=O) groups is 1. The van der Waals surface area contributed by atoms with E-state index in [2.05, 4.69) is 27.3 Å². The van der Waals surface area contributed by atoms with Crippen LogP contribution in [0.3, 0.4) is 0 Å². The lowest BCUT2D eigenvalue weighted by Crippen LogP contribution is -2.45. The maximum atomic E-state index is 12.3. The Labute approximate surface area is 166 Å². The van der Waals surface area contributed by atoms with Crippen LogP contribution in [0.2, 0.25) is 0 Å². The molecule has 6 nitrogen and oxygen atoms in total. The Balaban J connectivity index is 1.31. The molecule has 1 aliphatic heterocycles. The predicted octanol–water partition coefficient (Wildman–Crippen LogP) is 4.12. The molecule has 8 heteroatoms. The summed E-state index contributed by atoms with van der Waals surface area (Å²) in [4.78, 5) is 17.6. The summed E-state index contributed by atoms with van der Waals surface area (Å²) in [5.41, 5.74) is 0. The van der Waals surface area contributed by atoms with Crippen LogP contribution < -0.4 is 5.32 Å². The summed E-state index contributed by atoms with van der Waals surface area (Å²) in [6.07, 6.45) is 1.85. The third-order valence-electron chi connectivity index (χ3n) is 4.91. The first-order valence-corrected chi connectivity index (χ1v) is 10.8. The summed E-state index contributed by atoms with van der Waals surface area (Å²) in [6, 6.07) is 8.13. The van der Waals surface area contributed by atoms with E-state index in [0.29, 0.717) is 11.8 Å². The first kappa shape index (κ1) is 18.3. The number of aromatic nitrogens is 2. The van der Waals surface area contributed by atoms with Gasteiger partial charge in [0.1, 0.15) is 0 Å². The summed E-state index contributed by atoms with van der Waals surface area (Å²) in [5, 5.41) is 13.6. The molecule has 1 atom stereocenters. The van der Waals surface area contributed by atoms with Crippen molar-refractivity contribution in [1.29, 1.82) is 0 Å². The molecule has 0 spiro atoms. The number of rotatable bonds is 5. The maximum Gasteiger partial charge on any atom is 0.261 e. The Morgan fingerprint density at radius 3 is 2.78 bits per heavy atom. The van der Waals surface area contributed by atoms with Crippen molar-refractivity contribution in [2.75, 3.05) is 13.1 Å². The summed E-state index contributed by atoms with van der Waals surface area (Å²) in [7, 11) is 0. The number of hydrogen-bond donors (Lipinski definition) is 1. The Morgan fingerprint density at radius 2 is 2.11 bits per heavy atom. The second kappa shape index (κ2) is 7.92. The van der Waals surface area contributed by atoms with Gasteiger partial charge in [-0.05, 0) is 50.3 Å². The molecule has 27 heavy (non-hydrogen) atoms. The van der Waals surface area contributed by atoms with Crippen LogP contribution in [0.15, 0.2) is 34.1 Å². The summed E-state index contributed by atoms with van der Waals surface area (Å²) in [5.74, 6) is 1.27. The van der Waals surface area contributed by atoms with Crippen molar-refractivity contribution in [3.63, 3.8) is 0 Å². The second-order valence-corrected chi connectivity index (χ2v) is 9.03. The van der Waals surface area contributed by atoms with Crippen molar-refractivity contribution in [2.24, 2.45) is 0 Å². The van der Waals surface area contributed by atoms with Gasteiger partial charge in [0, 0.05) is 24.0 Å². The monoisotopic (exact) mass is 402 g/mol. The average molecular weight is 403 g/mol. The number of carbonyl (C=O) groups excluding carboxylic acids is 1. The van der Waals surface area contributed by atoms with Gasteiger partial charge in [-0.2, -0.15) is 0 Å². The number of nitrogens with one attached hydrogen (secondary N) is 1. The molecule has 0 aliphatic carbocycles. The molecular formula is C19H22N4O2S2. The molecule has 142 valence electrons. The van der Waals surface area contributed by atoms with Crippen molar-refractivity contribution in [3.05, 3.63) is 45.3 Å². The highest BCUT2D eigenvalue weighted by Crippen LogP contribution is 2.28. The molecule has 3 aromatic heterocycles. The zero-order valence-electron chi connectivity index (χ0n) is 15.3. The van der Waals surface area contributed by atoms with Crippen LogP contribution in [0.4, 0.5) is 0 Å². The molecule has 0 radical (unpaired) electrons. The molecule has 0 aromatic carbocycles. The molecule has 0 bridgehead atoms. The Bertz CT molecular complexity index is 895. The van der Waals surface area contributed by atoms with E-state index in [0.717, 1.165) is 40.6 Å². The number of likely N-dealkylation sites (tertiary alicyclic amines) is 1. The van der Waals surface area contributed by atoms with Crippen molar-refractivity contribution >= 4 is 28.6 Å². The highest BCUT2D eigenvalue weighted by Gasteiger charge is 2.28. The molecule has 1 aliphatic rings. The van der Waals surface area contributed by atoms with Crippen LogP contribution in [0.25, 0.3) is 10.8 Å². The average Bonchev–Trinajstić information content (AvgIpc) is 3.42. The highest BCUT2D eigenvalue weighted by molar-refractivity contribution is 7.14. The smallest absolute Gasteiger partial charge is 0.261 e. The molecule has 1 unspecified atom stereocenters. The Kier molecular flexibility index (Phi) is 5.38. The van der Waals surface area contributed by atoms with E-state index in [1.165, 1.54) is 11.3 Å². The Morgan fingerprint density at radius 1 is 1.30 bits per heavy atom. The van der Waals surface area contributed by atoms with Gasteiger partial charge in [0.15, 0.2) is 0 Å². The fourth-order valence-corrected chi connectivity index (χ4v) is 4.72. The number of aryl methyl sites for hydroxylation is 1. The van der Waals surface area contributed by atoms with Gasteiger partial charge < -0.3 is 9.73 Å². The van der Waals surface area contributed by atoms with Gasteiger partial charge >= 0.3 is 0 Å². The first-order chi connectivity index (χ1) is 13.1. The van der Waals surface area contributed by atoms with E-state index in [1.54, 1.807) is 11.3 Å².